The number of rotatable bonds is 5. The molecular weight excluding hydrogens is 240 g/mol. The fourth-order valence-corrected chi connectivity index (χ4v) is 1.78. The third-order valence-electron chi connectivity index (χ3n) is 2.79. The van der Waals surface area contributed by atoms with Crippen molar-refractivity contribution >= 4 is 0 Å². The summed E-state index contributed by atoms with van der Waals surface area (Å²) in [7, 11) is 1.91. The van der Waals surface area contributed by atoms with Crippen molar-refractivity contribution in [3.8, 4) is 17.1 Å². The first-order chi connectivity index (χ1) is 9.11. The van der Waals surface area contributed by atoms with Crippen LogP contribution in [-0.4, -0.2) is 27.9 Å². The largest absolute Gasteiger partial charge is 0.492 e. The van der Waals surface area contributed by atoms with E-state index in [1.54, 1.807) is 0 Å². The Kier molecular flexibility index (Phi) is 4.16. The van der Waals surface area contributed by atoms with Gasteiger partial charge in [-0.25, -0.2) is 9.67 Å². The predicted molar refractivity (Wildman–Crippen MR) is 75.1 cm³/mol. The molecule has 0 saturated heterocycles. The molecule has 0 fully saturated rings. The summed E-state index contributed by atoms with van der Waals surface area (Å²) in [6.45, 7) is 5.22. The second kappa shape index (κ2) is 5.84. The molecule has 102 valence electrons. The smallest absolute Gasteiger partial charge is 0.158 e. The Balaban J connectivity index is 2.22. The van der Waals surface area contributed by atoms with Crippen LogP contribution >= 0.6 is 0 Å². The summed E-state index contributed by atoms with van der Waals surface area (Å²) in [5.41, 5.74) is 6.43. The number of benzene rings is 1. The van der Waals surface area contributed by atoms with E-state index in [9.17, 15) is 0 Å². The van der Waals surface area contributed by atoms with E-state index in [-0.39, 0.29) is 0 Å². The van der Waals surface area contributed by atoms with E-state index in [0.29, 0.717) is 19.1 Å². The van der Waals surface area contributed by atoms with Crippen LogP contribution in [0.25, 0.3) is 11.4 Å². The van der Waals surface area contributed by atoms with Crippen molar-refractivity contribution in [3.05, 3.63) is 30.1 Å². The fraction of sp³-hybridized carbons (Fsp3) is 0.429. The molecule has 0 aliphatic carbocycles. The molecule has 0 radical (unpaired) electrons. The average Bonchev–Trinajstić information content (AvgIpc) is 2.79. The molecule has 0 saturated carbocycles. The Hall–Kier alpha value is -1.88. The van der Waals surface area contributed by atoms with Gasteiger partial charge in [-0.2, -0.15) is 5.10 Å². The van der Waals surface area contributed by atoms with E-state index in [4.69, 9.17) is 10.5 Å². The molecule has 0 spiro atoms. The van der Waals surface area contributed by atoms with Crippen molar-refractivity contribution in [1.29, 1.82) is 0 Å². The molecule has 0 unspecified atom stereocenters. The first kappa shape index (κ1) is 13.5. The highest BCUT2D eigenvalue weighted by Gasteiger charge is 2.11. The Morgan fingerprint density at radius 3 is 2.47 bits per heavy atom. The minimum absolute atomic E-state index is 0.326. The molecule has 1 aromatic heterocycles. The van der Waals surface area contributed by atoms with Crippen molar-refractivity contribution in [3.63, 3.8) is 0 Å². The van der Waals surface area contributed by atoms with Gasteiger partial charge < -0.3 is 10.5 Å². The van der Waals surface area contributed by atoms with Gasteiger partial charge in [0.2, 0.25) is 0 Å². The summed E-state index contributed by atoms with van der Waals surface area (Å²) in [6, 6.07) is 7.82. The van der Waals surface area contributed by atoms with Gasteiger partial charge in [0.15, 0.2) is 11.6 Å². The zero-order valence-corrected chi connectivity index (χ0v) is 11.6. The third kappa shape index (κ3) is 3.12. The molecule has 0 bridgehead atoms. The summed E-state index contributed by atoms with van der Waals surface area (Å²) in [5.74, 6) is 2.88. The topological polar surface area (TPSA) is 66.0 Å². The fourth-order valence-electron chi connectivity index (χ4n) is 1.78. The molecule has 0 atom stereocenters. The SMILES string of the molecule is CC(C)c1nc(-c2ccc(OCCN)cc2)n(C)n1. The van der Waals surface area contributed by atoms with Crippen molar-refractivity contribution in [2.24, 2.45) is 12.8 Å². The second-order valence-corrected chi connectivity index (χ2v) is 4.73. The van der Waals surface area contributed by atoms with E-state index >= 15 is 0 Å². The molecule has 0 aliphatic heterocycles. The highest BCUT2D eigenvalue weighted by Crippen LogP contribution is 2.22. The molecule has 1 aromatic carbocycles. The maximum atomic E-state index is 5.45. The summed E-state index contributed by atoms with van der Waals surface area (Å²) in [5, 5.41) is 4.42. The zero-order chi connectivity index (χ0) is 13.8. The molecule has 0 aliphatic rings. The standard InChI is InChI=1S/C14H20N4O/c1-10(2)13-16-14(18(3)17-13)11-4-6-12(7-5-11)19-9-8-15/h4-7,10H,8-9,15H2,1-3H3. The molecule has 2 aromatic rings. The minimum Gasteiger partial charge on any atom is -0.492 e. The van der Waals surface area contributed by atoms with Gasteiger partial charge in [0.05, 0.1) is 0 Å². The number of nitrogens with zero attached hydrogens (tertiary/aromatic N) is 3. The van der Waals surface area contributed by atoms with E-state index in [1.165, 1.54) is 0 Å². The first-order valence-corrected chi connectivity index (χ1v) is 6.46. The summed E-state index contributed by atoms with van der Waals surface area (Å²) in [6.07, 6.45) is 0. The lowest BCUT2D eigenvalue weighted by atomic mass is 10.2. The van der Waals surface area contributed by atoms with Gasteiger partial charge in [-0.3, -0.25) is 0 Å². The first-order valence-electron chi connectivity index (χ1n) is 6.46. The van der Waals surface area contributed by atoms with Crippen LogP contribution in [0.15, 0.2) is 24.3 Å². The molecular formula is C14H20N4O. The van der Waals surface area contributed by atoms with Crippen molar-refractivity contribution in [1.82, 2.24) is 14.8 Å². The molecule has 2 rings (SSSR count). The number of ether oxygens (including phenoxy) is 1. The number of nitrogens with two attached hydrogens (primary N) is 1. The number of hydrogen-bond acceptors (Lipinski definition) is 4. The second-order valence-electron chi connectivity index (χ2n) is 4.73. The number of aryl methyl sites for hydroxylation is 1. The van der Waals surface area contributed by atoms with Crippen LogP contribution in [0.2, 0.25) is 0 Å². The summed E-state index contributed by atoms with van der Waals surface area (Å²) in [4.78, 5) is 4.56. The van der Waals surface area contributed by atoms with Crippen LogP contribution in [0.4, 0.5) is 0 Å². The lowest BCUT2D eigenvalue weighted by molar-refractivity contribution is 0.328. The predicted octanol–water partition coefficient (Wildman–Crippen LogP) is 1.94. The molecule has 5 nitrogen and oxygen atoms in total. The van der Waals surface area contributed by atoms with Gasteiger partial charge in [0.25, 0.3) is 0 Å². The third-order valence-corrected chi connectivity index (χ3v) is 2.79. The summed E-state index contributed by atoms with van der Waals surface area (Å²) >= 11 is 0. The van der Waals surface area contributed by atoms with Crippen LogP contribution in [0.5, 0.6) is 5.75 Å². The van der Waals surface area contributed by atoms with Crippen LogP contribution in [0.3, 0.4) is 0 Å². The van der Waals surface area contributed by atoms with Crippen LogP contribution in [0, 0.1) is 0 Å². The average molecular weight is 260 g/mol. The van der Waals surface area contributed by atoms with E-state index in [1.807, 2.05) is 36.0 Å². The summed E-state index contributed by atoms with van der Waals surface area (Å²) < 4.78 is 7.26. The Morgan fingerprint density at radius 2 is 1.95 bits per heavy atom. The van der Waals surface area contributed by atoms with Crippen molar-refractivity contribution in [2.75, 3.05) is 13.2 Å². The number of aromatic nitrogens is 3. The van der Waals surface area contributed by atoms with Gasteiger partial charge in [0.1, 0.15) is 12.4 Å². The Bertz CT molecular complexity index is 531. The van der Waals surface area contributed by atoms with Crippen molar-refractivity contribution in [2.45, 2.75) is 19.8 Å². The molecule has 1 heterocycles. The highest BCUT2D eigenvalue weighted by atomic mass is 16.5. The van der Waals surface area contributed by atoms with E-state index in [2.05, 4.69) is 23.9 Å². The van der Waals surface area contributed by atoms with Gasteiger partial charge >= 0.3 is 0 Å². The monoisotopic (exact) mass is 260 g/mol. The molecule has 19 heavy (non-hydrogen) atoms. The quantitative estimate of drug-likeness (QED) is 0.892. The maximum absolute atomic E-state index is 5.45. The lowest BCUT2D eigenvalue weighted by Crippen LogP contribution is -2.10. The van der Waals surface area contributed by atoms with Crippen molar-refractivity contribution < 1.29 is 4.74 Å². The van der Waals surface area contributed by atoms with Gasteiger partial charge in [-0.1, -0.05) is 13.8 Å². The number of hydrogen-bond donors (Lipinski definition) is 1. The van der Waals surface area contributed by atoms with Crippen LogP contribution < -0.4 is 10.5 Å². The van der Waals surface area contributed by atoms with Crippen LogP contribution in [-0.2, 0) is 7.05 Å². The van der Waals surface area contributed by atoms with Gasteiger partial charge in [-0.05, 0) is 24.3 Å². The normalized spacial score (nSPS) is 11.0. The van der Waals surface area contributed by atoms with Crippen LogP contribution in [0.1, 0.15) is 25.6 Å². The molecule has 0 amide bonds. The maximum Gasteiger partial charge on any atom is 0.158 e. The lowest BCUT2D eigenvalue weighted by Gasteiger charge is -2.05. The van der Waals surface area contributed by atoms with Gasteiger partial charge in [-0.15, -0.1) is 0 Å². The Labute approximate surface area is 113 Å². The van der Waals surface area contributed by atoms with Gasteiger partial charge in [0, 0.05) is 25.1 Å². The minimum atomic E-state index is 0.326. The van der Waals surface area contributed by atoms with E-state index < -0.39 is 0 Å². The zero-order valence-electron chi connectivity index (χ0n) is 11.6. The molecule has 2 N–H and O–H groups in total. The molecule has 5 heteroatoms. The van der Waals surface area contributed by atoms with E-state index in [0.717, 1.165) is 23.0 Å². The Morgan fingerprint density at radius 1 is 1.26 bits per heavy atom. The highest BCUT2D eigenvalue weighted by molar-refractivity contribution is 5.56.